The summed E-state index contributed by atoms with van der Waals surface area (Å²) in [4.78, 5) is 11.1. The number of urea groups is 1. The fourth-order valence-corrected chi connectivity index (χ4v) is 3.70. The molecule has 0 unspecified atom stereocenters. The Morgan fingerprint density at radius 3 is 2.68 bits per heavy atom. The van der Waals surface area contributed by atoms with Gasteiger partial charge in [-0.2, -0.15) is 5.43 Å². The summed E-state index contributed by atoms with van der Waals surface area (Å²) in [5.74, 6) is 1.69. The average molecular weight is 387 g/mol. The summed E-state index contributed by atoms with van der Waals surface area (Å²) in [5.41, 5.74) is 11.8. The van der Waals surface area contributed by atoms with E-state index in [1.807, 2.05) is 25.1 Å². The Morgan fingerprint density at radius 1 is 1.21 bits per heavy atom. The van der Waals surface area contributed by atoms with Crippen LogP contribution in [0, 0.1) is 5.92 Å². The molecule has 9 heteroatoms. The minimum absolute atomic E-state index is 0.0500. The summed E-state index contributed by atoms with van der Waals surface area (Å²) in [6.45, 7) is 2.07. The van der Waals surface area contributed by atoms with Crippen molar-refractivity contribution in [2.24, 2.45) is 11.7 Å². The van der Waals surface area contributed by atoms with Gasteiger partial charge in [0.05, 0.1) is 7.11 Å². The lowest BCUT2D eigenvalue weighted by Crippen LogP contribution is -2.54. The third kappa shape index (κ3) is 2.99. The van der Waals surface area contributed by atoms with Crippen LogP contribution in [0.3, 0.4) is 0 Å². The molecule has 2 aliphatic heterocycles. The lowest BCUT2D eigenvalue weighted by Gasteiger charge is -2.38. The molecule has 9 nitrogen and oxygen atoms in total. The highest BCUT2D eigenvalue weighted by Crippen LogP contribution is 2.51. The Bertz CT molecular complexity index is 919. The normalized spacial score (nSPS) is 22.1. The van der Waals surface area contributed by atoms with Crippen molar-refractivity contribution in [3.63, 3.8) is 0 Å². The van der Waals surface area contributed by atoms with E-state index in [2.05, 4.69) is 10.9 Å². The first-order valence-corrected chi connectivity index (χ1v) is 8.76. The predicted octanol–water partition coefficient (Wildman–Crippen LogP) is 1.79. The van der Waals surface area contributed by atoms with Crippen LogP contribution in [-0.2, 0) is 0 Å². The fraction of sp³-hybridized carbons (Fsp3) is 0.316. The summed E-state index contributed by atoms with van der Waals surface area (Å²) >= 11 is 0. The highest BCUT2D eigenvalue weighted by Gasteiger charge is 2.39. The Labute approximate surface area is 161 Å². The van der Waals surface area contributed by atoms with Crippen molar-refractivity contribution in [3.8, 4) is 28.7 Å². The van der Waals surface area contributed by atoms with Gasteiger partial charge >= 0.3 is 6.03 Å². The Hall–Kier alpha value is -3.33. The number of para-hydroxylation sites is 1. The number of rotatable bonds is 4. The van der Waals surface area contributed by atoms with E-state index in [0.717, 1.165) is 5.56 Å². The van der Waals surface area contributed by atoms with Crippen molar-refractivity contribution in [1.82, 2.24) is 10.9 Å². The van der Waals surface area contributed by atoms with Gasteiger partial charge in [-0.15, -0.1) is 0 Å². The Balaban J connectivity index is 1.82. The molecule has 148 valence electrons. The molecule has 4 rings (SSSR count). The Kier molecular flexibility index (Phi) is 4.52. The number of hydrogen-bond donors (Lipinski definition) is 4. The van der Waals surface area contributed by atoms with Crippen LogP contribution < -0.4 is 35.5 Å². The first kappa shape index (κ1) is 18.1. The second-order valence-electron chi connectivity index (χ2n) is 6.65. The molecule has 2 aliphatic rings. The monoisotopic (exact) mass is 387 g/mol. The molecule has 0 radical (unpaired) electrons. The second-order valence-corrected chi connectivity index (χ2v) is 6.65. The van der Waals surface area contributed by atoms with Crippen LogP contribution in [-0.4, -0.2) is 31.3 Å². The van der Waals surface area contributed by atoms with Crippen LogP contribution in [0.1, 0.15) is 24.0 Å². The van der Waals surface area contributed by atoms with E-state index in [4.69, 9.17) is 24.7 Å². The summed E-state index contributed by atoms with van der Waals surface area (Å²) in [6.07, 6.45) is -0.601. The lowest BCUT2D eigenvalue weighted by atomic mass is 9.78. The largest absolute Gasteiger partial charge is 0.504 e. The third-order valence-electron chi connectivity index (χ3n) is 5.02. The quantitative estimate of drug-likeness (QED) is 0.590. The Morgan fingerprint density at radius 2 is 1.96 bits per heavy atom. The molecule has 3 atom stereocenters. The predicted molar refractivity (Wildman–Crippen MR) is 98.5 cm³/mol. The highest BCUT2D eigenvalue weighted by atomic mass is 16.7. The zero-order chi connectivity index (χ0) is 19.8. The number of nitrogens with one attached hydrogen (secondary N) is 2. The maximum atomic E-state index is 11.1. The zero-order valence-corrected chi connectivity index (χ0v) is 15.4. The second kappa shape index (κ2) is 7.01. The molecule has 2 aromatic carbocycles. The number of carbonyl (C=O) groups excluding carboxylic acids is 1. The van der Waals surface area contributed by atoms with Gasteiger partial charge in [-0.1, -0.05) is 19.1 Å². The van der Waals surface area contributed by atoms with Gasteiger partial charge in [0.1, 0.15) is 5.75 Å². The van der Waals surface area contributed by atoms with E-state index in [1.54, 1.807) is 12.1 Å². The van der Waals surface area contributed by atoms with Crippen molar-refractivity contribution < 1.29 is 28.8 Å². The minimum atomic E-state index is -0.729. The van der Waals surface area contributed by atoms with Crippen molar-refractivity contribution in [1.29, 1.82) is 0 Å². The number of hydrogen-bond acceptors (Lipinski definition) is 7. The molecule has 0 saturated carbocycles. The van der Waals surface area contributed by atoms with Crippen molar-refractivity contribution in [3.05, 3.63) is 41.5 Å². The first-order valence-electron chi connectivity index (χ1n) is 8.76. The first-order chi connectivity index (χ1) is 13.5. The van der Waals surface area contributed by atoms with E-state index in [-0.39, 0.29) is 24.4 Å². The summed E-state index contributed by atoms with van der Waals surface area (Å²) < 4.78 is 22.3. The third-order valence-corrected chi connectivity index (χ3v) is 5.02. The molecule has 2 amide bonds. The molecule has 5 N–H and O–H groups in total. The van der Waals surface area contributed by atoms with Gasteiger partial charge in [-0.25, -0.2) is 4.79 Å². The van der Waals surface area contributed by atoms with Crippen LogP contribution in [0.5, 0.6) is 28.7 Å². The van der Waals surface area contributed by atoms with E-state index >= 15 is 0 Å². The van der Waals surface area contributed by atoms with Crippen LogP contribution in [0.4, 0.5) is 4.79 Å². The van der Waals surface area contributed by atoms with Crippen LogP contribution in [0.25, 0.3) is 0 Å². The van der Waals surface area contributed by atoms with Gasteiger partial charge in [0, 0.05) is 29.0 Å². The topological polar surface area (TPSA) is 124 Å². The summed E-state index contributed by atoms with van der Waals surface area (Å²) in [5, 5.41) is 10.8. The highest BCUT2D eigenvalue weighted by molar-refractivity contribution is 5.71. The fourth-order valence-electron chi connectivity index (χ4n) is 3.70. The van der Waals surface area contributed by atoms with Gasteiger partial charge < -0.3 is 29.8 Å². The maximum absolute atomic E-state index is 11.1. The number of phenols is 1. The molecule has 0 saturated heterocycles. The van der Waals surface area contributed by atoms with E-state index in [1.165, 1.54) is 7.11 Å². The molecule has 0 aliphatic carbocycles. The van der Waals surface area contributed by atoms with Gasteiger partial charge in [0.25, 0.3) is 0 Å². The SMILES string of the molecule is COc1cccc([C@H]2c3cc4c(cc3O[C@H](NNC(N)=O)[C@H]2C)OCO4)c1O. The average Bonchev–Trinajstić information content (AvgIpc) is 3.13. The molecule has 0 bridgehead atoms. The molecule has 2 aromatic rings. The van der Waals surface area contributed by atoms with Gasteiger partial charge in [-0.05, 0) is 12.1 Å². The number of amides is 2. The molecular weight excluding hydrogens is 366 g/mol. The van der Waals surface area contributed by atoms with Crippen molar-refractivity contribution in [2.75, 3.05) is 13.9 Å². The number of carbonyl (C=O) groups is 1. The molecule has 2 heterocycles. The standard InChI is InChI=1S/C19H21N3O6/c1-9-16(10-4-3-5-12(25-2)17(10)23)11-6-14-15(27-8-26-14)7-13(11)28-18(9)21-22-19(20)24/h3-7,9,16,18,21,23H,8H2,1-2H3,(H3,20,22,24)/t9-,16-,18-/m0/s1. The summed E-state index contributed by atoms with van der Waals surface area (Å²) in [6, 6.07) is 8.20. The minimum Gasteiger partial charge on any atom is -0.504 e. The number of primary amides is 1. The number of phenolic OH excluding ortho intramolecular Hbond substituents is 1. The van der Waals surface area contributed by atoms with Crippen LogP contribution in [0.15, 0.2) is 30.3 Å². The molecule has 0 aromatic heterocycles. The van der Waals surface area contributed by atoms with E-state index < -0.39 is 12.3 Å². The maximum Gasteiger partial charge on any atom is 0.326 e. The van der Waals surface area contributed by atoms with Crippen LogP contribution in [0.2, 0.25) is 0 Å². The van der Waals surface area contributed by atoms with Crippen molar-refractivity contribution in [2.45, 2.75) is 19.1 Å². The summed E-state index contributed by atoms with van der Waals surface area (Å²) in [7, 11) is 1.50. The van der Waals surface area contributed by atoms with E-state index in [9.17, 15) is 9.90 Å². The van der Waals surface area contributed by atoms with Gasteiger partial charge in [-0.3, -0.25) is 5.43 Å². The number of fused-ring (bicyclic) bond motifs is 2. The number of ether oxygens (including phenoxy) is 4. The molecule has 0 spiro atoms. The van der Waals surface area contributed by atoms with Gasteiger partial charge in [0.15, 0.2) is 29.2 Å². The van der Waals surface area contributed by atoms with E-state index in [0.29, 0.717) is 28.6 Å². The molecule has 28 heavy (non-hydrogen) atoms. The molecule has 0 fully saturated rings. The van der Waals surface area contributed by atoms with Crippen LogP contribution >= 0.6 is 0 Å². The lowest BCUT2D eigenvalue weighted by molar-refractivity contribution is 0.0687. The van der Waals surface area contributed by atoms with Crippen molar-refractivity contribution >= 4 is 6.03 Å². The number of hydrazine groups is 1. The number of benzene rings is 2. The number of nitrogens with two attached hydrogens (primary N) is 1. The number of aromatic hydroxyl groups is 1. The molecular formula is C19H21N3O6. The smallest absolute Gasteiger partial charge is 0.326 e. The number of methoxy groups -OCH3 is 1. The van der Waals surface area contributed by atoms with Gasteiger partial charge in [0.2, 0.25) is 6.79 Å². The zero-order valence-electron chi connectivity index (χ0n) is 15.4.